The molecular formula is C14H20BrN3O2. The Balaban J connectivity index is 1.91. The van der Waals surface area contributed by atoms with Crippen molar-refractivity contribution >= 4 is 21.6 Å². The van der Waals surface area contributed by atoms with Crippen LogP contribution in [-0.4, -0.2) is 36.0 Å². The Morgan fingerprint density at radius 3 is 3.00 bits per heavy atom. The summed E-state index contributed by atoms with van der Waals surface area (Å²) in [6.07, 6.45) is 3.79. The van der Waals surface area contributed by atoms with E-state index in [1.54, 1.807) is 6.07 Å². The summed E-state index contributed by atoms with van der Waals surface area (Å²) < 4.78 is 0.578. The number of piperidine rings is 1. The lowest BCUT2D eigenvalue weighted by Gasteiger charge is -2.32. The molecule has 1 N–H and O–H groups in total. The smallest absolute Gasteiger partial charge is 0.283 e. The van der Waals surface area contributed by atoms with Gasteiger partial charge < -0.3 is 10.2 Å². The minimum absolute atomic E-state index is 0.124. The van der Waals surface area contributed by atoms with E-state index >= 15 is 0 Å². The highest BCUT2D eigenvalue weighted by molar-refractivity contribution is 9.10. The van der Waals surface area contributed by atoms with E-state index < -0.39 is 0 Å². The normalized spacial score (nSPS) is 20.0. The zero-order valence-corrected chi connectivity index (χ0v) is 13.2. The van der Waals surface area contributed by atoms with Gasteiger partial charge in [-0.3, -0.25) is 10.1 Å². The SMILES string of the molecule is CN1CCCCC1CNCc1cccc([N+](=O)[O-])c1Br. The van der Waals surface area contributed by atoms with Gasteiger partial charge in [-0.15, -0.1) is 0 Å². The van der Waals surface area contributed by atoms with Crippen LogP contribution in [0.4, 0.5) is 5.69 Å². The first-order valence-electron chi connectivity index (χ1n) is 6.92. The lowest BCUT2D eigenvalue weighted by molar-refractivity contribution is -0.385. The van der Waals surface area contributed by atoms with E-state index in [2.05, 4.69) is 33.2 Å². The molecule has 2 rings (SSSR count). The molecule has 20 heavy (non-hydrogen) atoms. The number of nitro groups is 1. The predicted octanol–water partition coefficient (Wildman–Crippen LogP) is 2.93. The molecule has 1 saturated heterocycles. The quantitative estimate of drug-likeness (QED) is 0.660. The summed E-state index contributed by atoms with van der Waals surface area (Å²) in [6, 6.07) is 5.73. The minimum atomic E-state index is -0.359. The first-order chi connectivity index (χ1) is 9.59. The number of nitro benzene ring substituents is 1. The van der Waals surface area contributed by atoms with Gasteiger partial charge in [0.05, 0.1) is 9.40 Å². The van der Waals surface area contributed by atoms with E-state index in [1.165, 1.54) is 25.3 Å². The van der Waals surface area contributed by atoms with Crippen LogP contribution in [0.2, 0.25) is 0 Å². The summed E-state index contributed by atoms with van der Waals surface area (Å²) in [4.78, 5) is 12.9. The van der Waals surface area contributed by atoms with Gasteiger partial charge in [0.1, 0.15) is 0 Å². The van der Waals surface area contributed by atoms with Crippen LogP contribution >= 0.6 is 15.9 Å². The molecule has 1 unspecified atom stereocenters. The van der Waals surface area contributed by atoms with E-state index in [-0.39, 0.29) is 10.6 Å². The Morgan fingerprint density at radius 2 is 2.30 bits per heavy atom. The van der Waals surface area contributed by atoms with Gasteiger partial charge in [-0.1, -0.05) is 18.6 Å². The number of nitrogens with zero attached hydrogens (tertiary/aromatic N) is 2. The van der Waals surface area contributed by atoms with Gasteiger partial charge in [0.25, 0.3) is 5.69 Å². The van der Waals surface area contributed by atoms with Gasteiger partial charge in [-0.25, -0.2) is 0 Å². The Hall–Kier alpha value is -0.980. The maximum atomic E-state index is 10.9. The molecule has 110 valence electrons. The molecule has 6 heteroatoms. The standard InChI is InChI=1S/C14H20BrN3O2/c1-17-8-3-2-6-12(17)10-16-9-11-5-4-7-13(14(11)15)18(19)20/h4-5,7,12,16H,2-3,6,8-10H2,1H3. The van der Waals surface area contributed by atoms with E-state index in [0.717, 1.165) is 18.7 Å². The number of nitrogens with one attached hydrogen (secondary N) is 1. The molecule has 1 aliphatic rings. The lowest BCUT2D eigenvalue weighted by atomic mass is 10.0. The number of halogens is 1. The fraction of sp³-hybridized carbons (Fsp3) is 0.571. The van der Waals surface area contributed by atoms with Crippen molar-refractivity contribution in [3.63, 3.8) is 0 Å². The summed E-state index contributed by atoms with van der Waals surface area (Å²) in [5.41, 5.74) is 1.05. The van der Waals surface area contributed by atoms with Crippen molar-refractivity contribution in [1.29, 1.82) is 0 Å². The Morgan fingerprint density at radius 1 is 1.50 bits per heavy atom. The molecule has 1 atom stereocenters. The molecule has 0 spiro atoms. The van der Waals surface area contributed by atoms with Gasteiger partial charge in [0, 0.05) is 25.2 Å². The van der Waals surface area contributed by atoms with Crippen LogP contribution in [0, 0.1) is 10.1 Å². The minimum Gasteiger partial charge on any atom is -0.311 e. The molecule has 0 aromatic heterocycles. The average Bonchev–Trinajstić information content (AvgIpc) is 2.42. The van der Waals surface area contributed by atoms with Crippen molar-refractivity contribution < 1.29 is 4.92 Å². The van der Waals surface area contributed by atoms with Crippen molar-refractivity contribution in [2.24, 2.45) is 0 Å². The van der Waals surface area contributed by atoms with Crippen LogP contribution in [0.25, 0.3) is 0 Å². The fourth-order valence-electron chi connectivity index (χ4n) is 2.62. The molecule has 0 saturated carbocycles. The van der Waals surface area contributed by atoms with Crippen molar-refractivity contribution in [2.75, 3.05) is 20.1 Å². The lowest BCUT2D eigenvalue weighted by Crippen LogP contribution is -2.42. The van der Waals surface area contributed by atoms with Crippen molar-refractivity contribution in [1.82, 2.24) is 10.2 Å². The number of hydrogen-bond donors (Lipinski definition) is 1. The first kappa shape index (κ1) is 15.4. The van der Waals surface area contributed by atoms with Gasteiger partial charge in [-0.05, 0) is 47.9 Å². The highest BCUT2D eigenvalue weighted by Gasteiger charge is 2.19. The molecule has 0 radical (unpaired) electrons. The molecule has 1 aliphatic heterocycles. The molecule has 0 aliphatic carbocycles. The Bertz CT molecular complexity index is 481. The highest BCUT2D eigenvalue weighted by atomic mass is 79.9. The first-order valence-corrected chi connectivity index (χ1v) is 7.71. The van der Waals surface area contributed by atoms with E-state index in [0.29, 0.717) is 17.1 Å². The van der Waals surface area contributed by atoms with Crippen molar-refractivity contribution in [3.8, 4) is 0 Å². The van der Waals surface area contributed by atoms with Gasteiger partial charge in [0.15, 0.2) is 0 Å². The molecule has 1 aromatic carbocycles. The zero-order chi connectivity index (χ0) is 14.5. The van der Waals surface area contributed by atoms with Crippen LogP contribution in [0.3, 0.4) is 0 Å². The second-order valence-corrected chi connectivity index (χ2v) is 6.06. The maximum absolute atomic E-state index is 10.9. The molecule has 0 bridgehead atoms. The monoisotopic (exact) mass is 341 g/mol. The van der Waals surface area contributed by atoms with Crippen LogP contribution in [-0.2, 0) is 6.54 Å². The number of likely N-dealkylation sites (tertiary alicyclic amines) is 1. The van der Waals surface area contributed by atoms with Gasteiger partial charge >= 0.3 is 0 Å². The highest BCUT2D eigenvalue weighted by Crippen LogP contribution is 2.28. The fourth-order valence-corrected chi connectivity index (χ4v) is 3.17. The third-order valence-electron chi connectivity index (χ3n) is 3.87. The van der Waals surface area contributed by atoms with Crippen LogP contribution in [0.15, 0.2) is 22.7 Å². The maximum Gasteiger partial charge on any atom is 0.283 e. The average molecular weight is 342 g/mol. The summed E-state index contributed by atoms with van der Waals surface area (Å²) in [6.45, 7) is 2.73. The summed E-state index contributed by atoms with van der Waals surface area (Å²) >= 11 is 3.33. The van der Waals surface area contributed by atoms with Crippen LogP contribution in [0.1, 0.15) is 24.8 Å². The largest absolute Gasteiger partial charge is 0.311 e. The Kier molecular flexibility index (Phi) is 5.51. The van der Waals surface area contributed by atoms with Crippen LogP contribution < -0.4 is 5.32 Å². The van der Waals surface area contributed by atoms with E-state index in [4.69, 9.17) is 0 Å². The molecule has 1 fully saturated rings. The second-order valence-electron chi connectivity index (χ2n) is 5.27. The number of likely N-dealkylation sites (N-methyl/N-ethyl adjacent to an activating group) is 1. The predicted molar refractivity (Wildman–Crippen MR) is 82.8 cm³/mol. The molecule has 1 aromatic rings. The van der Waals surface area contributed by atoms with E-state index in [9.17, 15) is 10.1 Å². The molecule has 0 amide bonds. The third-order valence-corrected chi connectivity index (χ3v) is 4.79. The molecular weight excluding hydrogens is 322 g/mol. The topological polar surface area (TPSA) is 58.4 Å². The van der Waals surface area contributed by atoms with E-state index in [1.807, 2.05) is 6.07 Å². The van der Waals surface area contributed by atoms with Crippen LogP contribution in [0.5, 0.6) is 0 Å². The number of benzene rings is 1. The third kappa shape index (κ3) is 3.77. The molecule has 5 nitrogen and oxygen atoms in total. The van der Waals surface area contributed by atoms with Crippen molar-refractivity contribution in [3.05, 3.63) is 38.3 Å². The summed E-state index contributed by atoms with van der Waals surface area (Å²) in [7, 11) is 2.16. The van der Waals surface area contributed by atoms with Gasteiger partial charge in [0.2, 0.25) is 0 Å². The Labute approximate surface area is 127 Å². The van der Waals surface area contributed by atoms with Crippen molar-refractivity contribution in [2.45, 2.75) is 31.8 Å². The summed E-state index contributed by atoms with van der Waals surface area (Å²) in [5.74, 6) is 0. The summed E-state index contributed by atoms with van der Waals surface area (Å²) in [5, 5.41) is 14.3. The number of rotatable bonds is 5. The molecule has 1 heterocycles. The van der Waals surface area contributed by atoms with Gasteiger partial charge in [-0.2, -0.15) is 0 Å². The second kappa shape index (κ2) is 7.15. The number of hydrogen-bond acceptors (Lipinski definition) is 4. The zero-order valence-electron chi connectivity index (χ0n) is 11.6.